The van der Waals surface area contributed by atoms with Gasteiger partial charge in [0, 0.05) is 18.1 Å². The zero-order valence-electron chi connectivity index (χ0n) is 20.5. The lowest BCUT2D eigenvalue weighted by Gasteiger charge is -2.24. The third-order valence-electron chi connectivity index (χ3n) is 5.93. The first-order valence-corrected chi connectivity index (χ1v) is 15.3. The van der Waals surface area contributed by atoms with Crippen LogP contribution in [0.25, 0.3) is 0 Å². The lowest BCUT2D eigenvalue weighted by atomic mass is 10.3. The monoisotopic (exact) mass is 577 g/mol. The lowest BCUT2D eigenvalue weighted by molar-refractivity contribution is -0.119. The number of anilines is 1. The minimum atomic E-state index is -4.03. The largest absolute Gasteiger partial charge is 0.492 e. The number of amides is 1. The van der Waals surface area contributed by atoms with Crippen LogP contribution < -0.4 is 14.4 Å². The van der Waals surface area contributed by atoms with Gasteiger partial charge in [0.2, 0.25) is 15.9 Å². The van der Waals surface area contributed by atoms with Gasteiger partial charge in [0.25, 0.3) is 10.0 Å². The molecule has 3 aromatic carbocycles. The summed E-state index contributed by atoms with van der Waals surface area (Å²) in [5, 5.41) is 3.00. The number of rotatable bonds is 11. The van der Waals surface area contributed by atoms with E-state index in [9.17, 15) is 21.6 Å². The molecule has 1 heterocycles. The van der Waals surface area contributed by atoms with Crippen LogP contribution in [0.2, 0.25) is 5.02 Å². The topological polar surface area (TPSA) is 113 Å². The van der Waals surface area contributed by atoms with E-state index >= 15 is 0 Å². The molecule has 1 aliphatic heterocycles. The first kappa shape index (κ1) is 27.9. The summed E-state index contributed by atoms with van der Waals surface area (Å²) in [7, 11) is -7.53. The highest BCUT2D eigenvalue weighted by atomic mass is 35.5. The molecular formula is C26H28ClN3O6S2. The number of nitrogens with one attached hydrogen (secondary N) is 1. The fourth-order valence-corrected chi connectivity index (χ4v) is 7.13. The minimum absolute atomic E-state index is 0.0475. The molecule has 0 bridgehead atoms. The fourth-order valence-electron chi connectivity index (χ4n) is 4.00. The standard InChI is InChI=1S/C26H28ClN3O6S2/c27-21-7-6-8-22(19-21)30(38(34,35)24-9-2-1-3-10-24)20-26(31)28-15-18-36-23-11-13-25(14-12-23)37(32,33)29-16-4-5-17-29/h1-3,6-14,19H,4-5,15-18,20H2,(H,28,31). The highest BCUT2D eigenvalue weighted by Gasteiger charge is 2.28. The molecule has 202 valence electrons. The normalized spacial score (nSPS) is 14.2. The number of carbonyl (C=O) groups excluding carboxylic acids is 1. The maximum atomic E-state index is 13.3. The molecule has 0 saturated carbocycles. The van der Waals surface area contributed by atoms with Gasteiger partial charge in [0.15, 0.2) is 0 Å². The zero-order chi connectivity index (χ0) is 27.2. The average molecular weight is 578 g/mol. The van der Waals surface area contributed by atoms with Gasteiger partial charge >= 0.3 is 0 Å². The summed E-state index contributed by atoms with van der Waals surface area (Å²) < 4.78 is 60.0. The Hall–Kier alpha value is -3.12. The Morgan fingerprint density at radius 1 is 0.895 bits per heavy atom. The zero-order valence-corrected chi connectivity index (χ0v) is 22.9. The quantitative estimate of drug-likeness (QED) is 0.349. The summed E-state index contributed by atoms with van der Waals surface area (Å²) in [6, 6.07) is 20.2. The predicted octanol–water partition coefficient (Wildman–Crippen LogP) is 3.52. The number of halogens is 1. The summed E-state index contributed by atoms with van der Waals surface area (Å²) in [5.41, 5.74) is 0.261. The second-order valence-electron chi connectivity index (χ2n) is 8.59. The molecule has 1 saturated heterocycles. The van der Waals surface area contributed by atoms with Crippen LogP contribution in [-0.2, 0) is 24.8 Å². The molecule has 0 aromatic heterocycles. The Morgan fingerprint density at radius 3 is 2.24 bits per heavy atom. The van der Waals surface area contributed by atoms with E-state index in [1.165, 1.54) is 34.6 Å². The van der Waals surface area contributed by atoms with Crippen molar-refractivity contribution in [2.24, 2.45) is 0 Å². The number of carbonyl (C=O) groups is 1. The molecule has 1 N–H and O–H groups in total. The van der Waals surface area contributed by atoms with Gasteiger partial charge in [0.05, 0.1) is 22.0 Å². The van der Waals surface area contributed by atoms with Crippen molar-refractivity contribution < 1.29 is 26.4 Å². The second-order valence-corrected chi connectivity index (χ2v) is 12.8. The summed E-state index contributed by atoms with van der Waals surface area (Å²) in [6.07, 6.45) is 1.72. The van der Waals surface area contributed by atoms with Gasteiger partial charge in [-0.3, -0.25) is 9.10 Å². The molecule has 38 heavy (non-hydrogen) atoms. The Labute approximate surface area is 228 Å². The molecule has 0 radical (unpaired) electrons. The van der Waals surface area contributed by atoms with Crippen molar-refractivity contribution in [3.63, 3.8) is 0 Å². The Morgan fingerprint density at radius 2 is 1.58 bits per heavy atom. The summed E-state index contributed by atoms with van der Waals surface area (Å²) >= 11 is 6.08. The average Bonchev–Trinajstić information content (AvgIpc) is 3.47. The van der Waals surface area contributed by atoms with Gasteiger partial charge in [-0.05, 0) is 67.4 Å². The van der Waals surface area contributed by atoms with E-state index in [0.717, 1.165) is 17.1 Å². The summed E-state index contributed by atoms with van der Waals surface area (Å²) in [5.74, 6) is -0.0769. The molecular weight excluding hydrogens is 550 g/mol. The molecule has 0 unspecified atom stereocenters. The van der Waals surface area contributed by atoms with Crippen molar-refractivity contribution in [1.82, 2.24) is 9.62 Å². The van der Waals surface area contributed by atoms with Crippen molar-refractivity contribution in [1.29, 1.82) is 0 Å². The highest BCUT2D eigenvalue weighted by molar-refractivity contribution is 7.92. The van der Waals surface area contributed by atoms with Crippen molar-refractivity contribution in [3.05, 3.63) is 83.9 Å². The maximum Gasteiger partial charge on any atom is 0.264 e. The van der Waals surface area contributed by atoms with E-state index in [0.29, 0.717) is 23.9 Å². The molecule has 9 nitrogen and oxygen atoms in total. The van der Waals surface area contributed by atoms with Gasteiger partial charge in [-0.1, -0.05) is 35.9 Å². The summed E-state index contributed by atoms with van der Waals surface area (Å²) in [6.45, 7) is 0.817. The third kappa shape index (κ3) is 6.65. The van der Waals surface area contributed by atoms with Crippen LogP contribution in [-0.4, -0.2) is 59.8 Å². The van der Waals surface area contributed by atoms with Gasteiger partial charge < -0.3 is 10.1 Å². The number of sulfonamides is 2. The number of nitrogens with zero attached hydrogens (tertiary/aromatic N) is 2. The third-order valence-corrected chi connectivity index (χ3v) is 9.87. The van der Waals surface area contributed by atoms with Crippen LogP contribution in [0.4, 0.5) is 5.69 Å². The van der Waals surface area contributed by atoms with E-state index in [2.05, 4.69) is 5.32 Å². The van der Waals surface area contributed by atoms with Crippen molar-refractivity contribution in [3.8, 4) is 5.75 Å². The Bertz CT molecular complexity index is 1460. The molecule has 3 aromatic rings. The predicted molar refractivity (Wildman–Crippen MR) is 145 cm³/mol. The molecule has 0 spiro atoms. The van der Waals surface area contributed by atoms with Gasteiger partial charge in [-0.15, -0.1) is 0 Å². The Kier molecular flexibility index (Phi) is 8.93. The Balaban J connectivity index is 1.35. The van der Waals surface area contributed by atoms with Gasteiger partial charge in [0.1, 0.15) is 18.9 Å². The summed E-state index contributed by atoms with van der Waals surface area (Å²) in [4.78, 5) is 13.0. The second kappa shape index (κ2) is 12.2. The van der Waals surface area contributed by atoms with Crippen LogP contribution >= 0.6 is 11.6 Å². The number of ether oxygens (including phenoxy) is 1. The van der Waals surface area contributed by atoms with Crippen LogP contribution in [0, 0.1) is 0 Å². The van der Waals surface area contributed by atoms with Gasteiger partial charge in [-0.25, -0.2) is 16.8 Å². The maximum absolute atomic E-state index is 13.3. The molecule has 1 aliphatic rings. The van der Waals surface area contributed by atoms with Crippen LogP contribution in [0.5, 0.6) is 5.75 Å². The van der Waals surface area contributed by atoms with Crippen molar-refractivity contribution in [2.45, 2.75) is 22.6 Å². The molecule has 4 rings (SSSR count). The highest BCUT2D eigenvalue weighted by Crippen LogP contribution is 2.26. The van der Waals surface area contributed by atoms with E-state index in [1.807, 2.05) is 0 Å². The molecule has 0 atom stereocenters. The van der Waals surface area contributed by atoms with Gasteiger partial charge in [-0.2, -0.15) is 4.31 Å². The number of hydrogen-bond acceptors (Lipinski definition) is 6. The van der Waals surface area contributed by atoms with Crippen LogP contribution in [0.1, 0.15) is 12.8 Å². The van der Waals surface area contributed by atoms with Crippen LogP contribution in [0.3, 0.4) is 0 Å². The van der Waals surface area contributed by atoms with E-state index in [-0.39, 0.29) is 28.6 Å². The van der Waals surface area contributed by atoms with E-state index < -0.39 is 32.5 Å². The number of hydrogen-bond donors (Lipinski definition) is 1. The SMILES string of the molecule is O=C(CN(c1cccc(Cl)c1)S(=O)(=O)c1ccccc1)NCCOc1ccc(S(=O)(=O)N2CCCC2)cc1. The number of benzene rings is 3. The molecule has 1 amide bonds. The smallest absolute Gasteiger partial charge is 0.264 e. The lowest BCUT2D eigenvalue weighted by Crippen LogP contribution is -2.41. The van der Waals surface area contributed by atoms with E-state index in [4.69, 9.17) is 16.3 Å². The first-order chi connectivity index (χ1) is 18.2. The van der Waals surface area contributed by atoms with Crippen LogP contribution in [0.15, 0.2) is 88.7 Å². The van der Waals surface area contributed by atoms with Crippen molar-refractivity contribution in [2.75, 3.05) is 37.1 Å². The first-order valence-electron chi connectivity index (χ1n) is 12.0. The fraction of sp³-hybridized carbons (Fsp3) is 0.269. The minimum Gasteiger partial charge on any atom is -0.492 e. The van der Waals surface area contributed by atoms with Crippen molar-refractivity contribution >= 4 is 43.2 Å². The molecule has 1 fully saturated rings. The molecule has 12 heteroatoms. The van der Waals surface area contributed by atoms with E-state index in [1.54, 1.807) is 48.5 Å². The molecule has 0 aliphatic carbocycles.